The molecule has 2 heteroatoms. The van der Waals surface area contributed by atoms with E-state index in [0.29, 0.717) is 11.3 Å². The van der Waals surface area contributed by atoms with Crippen molar-refractivity contribution in [3.8, 4) is 5.75 Å². The zero-order valence-electron chi connectivity index (χ0n) is 28.0. The van der Waals surface area contributed by atoms with Gasteiger partial charge in [0.05, 0.1) is 5.54 Å². The summed E-state index contributed by atoms with van der Waals surface area (Å²) in [4.78, 5) is 0. The number of phenols is 1. The quantitative estimate of drug-likeness (QED) is 0.225. The second-order valence-electron chi connectivity index (χ2n) is 14.4. The summed E-state index contributed by atoms with van der Waals surface area (Å²) in [6, 6.07) is 24.3. The topological polar surface area (TPSA) is 46.2 Å². The Balaban J connectivity index is 0.000000814. The predicted molar refractivity (Wildman–Crippen MR) is 182 cm³/mol. The molecular weight excluding hydrogens is 498 g/mol. The van der Waals surface area contributed by atoms with E-state index in [2.05, 4.69) is 137 Å². The number of hydrogen-bond donors (Lipinski definition) is 2. The van der Waals surface area contributed by atoms with Crippen molar-refractivity contribution in [2.24, 2.45) is 22.0 Å². The molecule has 0 saturated heterocycles. The molecule has 0 amide bonds. The summed E-state index contributed by atoms with van der Waals surface area (Å²) in [5.74, 6) is 0.570. The molecule has 0 heterocycles. The lowest BCUT2D eigenvalue weighted by atomic mass is 9.60. The van der Waals surface area contributed by atoms with Crippen molar-refractivity contribution < 1.29 is 5.11 Å². The molecule has 0 aliphatic carbocycles. The van der Waals surface area contributed by atoms with Gasteiger partial charge in [0.15, 0.2) is 0 Å². The molecule has 0 bridgehead atoms. The monoisotopic (exact) mass is 555 g/mol. The highest BCUT2D eigenvalue weighted by Gasteiger charge is 2.40. The van der Waals surface area contributed by atoms with E-state index in [1.54, 1.807) is 12.1 Å². The van der Waals surface area contributed by atoms with Crippen LogP contribution in [0.5, 0.6) is 5.75 Å². The van der Waals surface area contributed by atoms with Gasteiger partial charge in [-0.05, 0) is 77.3 Å². The van der Waals surface area contributed by atoms with Gasteiger partial charge in [-0.3, -0.25) is 0 Å². The van der Waals surface area contributed by atoms with Gasteiger partial charge in [0.1, 0.15) is 5.75 Å². The highest BCUT2D eigenvalue weighted by molar-refractivity contribution is 5.50. The van der Waals surface area contributed by atoms with E-state index < -0.39 is 5.54 Å². The van der Waals surface area contributed by atoms with Crippen LogP contribution >= 0.6 is 0 Å². The molecule has 0 aromatic heterocycles. The summed E-state index contributed by atoms with van der Waals surface area (Å²) in [7, 11) is 0. The van der Waals surface area contributed by atoms with Crippen molar-refractivity contribution in [2.75, 3.05) is 0 Å². The van der Waals surface area contributed by atoms with E-state index in [9.17, 15) is 5.11 Å². The summed E-state index contributed by atoms with van der Waals surface area (Å²) in [6.45, 7) is 33.8. The summed E-state index contributed by atoms with van der Waals surface area (Å²) in [5.41, 5.74) is 13.5. The van der Waals surface area contributed by atoms with E-state index in [1.165, 1.54) is 16.7 Å². The molecule has 41 heavy (non-hydrogen) atoms. The highest BCUT2D eigenvalue weighted by Crippen LogP contribution is 2.49. The maximum Gasteiger partial charge on any atom is 0.115 e. The first-order valence-electron chi connectivity index (χ1n) is 14.7. The predicted octanol–water partition coefficient (Wildman–Crippen LogP) is 10.9. The largest absolute Gasteiger partial charge is 0.508 e. The molecule has 3 aromatic carbocycles. The summed E-state index contributed by atoms with van der Waals surface area (Å²) >= 11 is 0. The number of aromatic hydroxyl groups is 1. The summed E-state index contributed by atoms with van der Waals surface area (Å²) < 4.78 is 0. The van der Waals surface area contributed by atoms with E-state index in [0.717, 1.165) is 16.7 Å². The van der Waals surface area contributed by atoms with Gasteiger partial charge in [-0.2, -0.15) is 0 Å². The van der Waals surface area contributed by atoms with Crippen molar-refractivity contribution in [1.82, 2.24) is 0 Å². The molecule has 2 unspecified atom stereocenters. The normalized spacial score (nSPS) is 13.9. The zero-order chi connectivity index (χ0) is 31.8. The Morgan fingerprint density at radius 1 is 0.732 bits per heavy atom. The van der Waals surface area contributed by atoms with Crippen LogP contribution in [0.4, 0.5) is 0 Å². The van der Waals surface area contributed by atoms with E-state index >= 15 is 0 Å². The standard InChI is InChI=1S/C30H37NO.C5H12.C4H8/c1-8-28(4,5)29(6,7)22(3)23-11-15-25(16-12-23)30(31,24-13-9-21(2)10-14-24)26-17-19-27(32)20-18-26;1-5(2,3)4;1-4(2)3/h8-20,22,32H,1,31H2,2-7H3;1-4H3;1H2,2-3H3. The molecule has 0 saturated carbocycles. The first kappa shape index (κ1) is 35.9. The van der Waals surface area contributed by atoms with Crippen molar-refractivity contribution in [3.05, 3.63) is 125 Å². The van der Waals surface area contributed by atoms with Crippen LogP contribution in [-0.2, 0) is 5.54 Å². The second kappa shape index (κ2) is 14.2. The van der Waals surface area contributed by atoms with Crippen LogP contribution in [0.1, 0.15) is 110 Å². The molecule has 2 nitrogen and oxygen atoms in total. The Kier molecular flexibility index (Phi) is 12.4. The minimum absolute atomic E-state index is 0.00332. The van der Waals surface area contributed by atoms with Crippen LogP contribution in [0.15, 0.2) is 97.6 Å². The molecule has 3 aromatic rings. The number of rotatable bonds is 7. The average Bonchev–Trinajstić information content (AvgIpc) is 2.87. The lowest BCUT2D eigenvalue weighted by molar-refractivity contribution is 0.131. The van der Waals surface area contributed by atoms with Crippen molar-refractivity contribution in [1.29, 1.82) is 0 Å². The van der Waals surface area contributed by atoms with Crippen LogP contribution in [0, 0.1) is 23.2 Å². The molecular formula is C39H57NO. The Morgan fingerprint density at radius 3 is 1.39 bits per heavy atom. The fraction of sp³-hybridized carbons (Fsp3) is 0.436. The van der Waals surface area contributed by atoms with Crippen molar-refractivity contribution in [2.45, 2.75) is 94.5 Å². The van der Waals surface area contributed by atoms with Gasteiger partial charge in [-0.1, -0.05) is 140 Å². The fourth-order valence-corrected chi connectivity index (χ4v) is 4.31. The van der Waals surface area contributed by atoms with Gasteiger partial charge in [-0.25, -0.2) is 0 Å². The minimum atomic E-state index is -0.820. The highest BCUT2D eigenvalue weighted by atomic mass is 16.3. The number of benzene rings is 3. The zero-order valence-corrected chi connectivity index (χ0v) is 28.0. The lowest BCUT2D eigenvalue weighted by Crippen LogP contribution is -2.39. The molecule has 3 rings (SSSR count). The molecule has 0 radical (unpaired) electrons. The smallest absolute Gasteiger partial charge is 0.115 e. The van der Waals surface area contributed by atoms with Crippen LogP contribution in [0.25, 0.3) is 0 Å². The maximum atomic E-state index is 9.81. The van der Waals surface area contributed by atoms with E-state index in [1.807, 2.05) is 26.0 Å². The molecule has 0 aliphatic rings. The summed E-state index contributed by atoms with van der Waals surface area (Å²) in [6.07, 6.45) is 2.06. The molecule has 224 valence electrons. The number of phenolic OH excluding ortho intramolecular Hbond substituents is 1. The van der Waals surface area contributed by atoms with Gasteiger partial charge >= 0.3 is 0 Å². The Morgan fingerprint density at radius 2 is 1.05 bits per heavy atom. The third kappa shape index (κ3) is 10.0. The third-order valence-corrected chi connectivity index (χ3v) is 7.95. The number of nitrogens with two attached hydrogens (primary N) is 1. The molecule has 2 atom stereocenters. The molecule has 0 spiro atoms. The van der Waals surface area contributed by atoms with Gasteiger partial charge in [0.2, 0.25) is 0 Å². The van der Waals surface area contributed by atoms with Gasteiger partial charge in [0, 0.05) is 0 Å². The minimum Gasteiger partial charge on any atom is -0.508 e. The maximum absolute atomic E-state index is 9.81. The molecule has 3 N–H and O–H groups in total. The third-order valence-electron chi connectivity index (χ3n) is 7.95. The fourth-order valence-electron chi connectivity index (χ4n) is 4.31. The Hall–Kier alpha value is -3.10. The van der Waals surface area contributed by atoms with Crippen molar-refractivity contribution >= 4 is 0 Å². The number of aryl methyl sites for hydroxylation is 1. The average molecular weight is 556 g/mol. The van der Waals surface area contributed by atoms with Gasteiger partial charge in [0.25, 0.3) is 0 Å². The number of allylic oxidation sites excluding steroid dienone is 2. The van der Waals surface area contributed by atoms with Crippen LogP contribution in [0.2, 0.25) is 0 Å². The summed E-state index contributed by atoms with van der Waals surface area (Å²) in [5, 5.41) is 9.81. The Bertz CT molecular complexity index is 1180. The lowest BCUT2D eigenvalue weighted by Gasteiger charge is -2.44. The second-order valence-corrected chi connectivity index (χ2v) is 14.4. The van der Waals surface area contributed by atoms with Gasteiger partial charge in [-0.15, -0.1) is 13.2 Å². The molecule has 0 aliphatic heterocycles. The van der Waals surface area contributed by atoms with E-state index in [-0.39, 0.29) is 16.6 Å². The van der Waals surface area contributed by atoms with Crippen molar-refractivity contribution in [3.63, 3.8) is 0 Å². The van der Waals surface area contributed by atoms with Crippen LogP contribution < -0.4 is 5.73 Å². The molecule has 0 fully saturated rings. The number of hydrogen-bond acceptors (Lipinski definition) is 2. The van der Waals surface area contributed by atoms with Crippen LogP contribution in [-0.4, -0.2) is 5.11 Å². The Labute approximate surface area is 252 Å². The SMILES string of the molecule is C=C(C)C.C=CC(C)(C)C(C)(C)C(C)c1ccc(C(N)(c2ccc(C)cc2)c2ccc(O)cc2)cc1.CC(C)(C)C. The van der Waals surface area contributed by atoms with E-state index in [4.69, 9.17) is 5.73 Å². The van der Waals surface area contributed by atoms with Crippen LogP contribution in [0.3, 0.4) is 0 Å². The van der Waals surface area contributed by atoms with Gasteiger partial charge < -0.3 is 10.8 Å². The first-order chi connectivity index (χ1) is 18.7. The first-order valence-corrected chi connectivity index (χ1v) is 14.7.